The van der Waals surface area contributed by atoms with Gasteiger partial charge in [0.15, 0.2) is 0 Å². The topological polar surface area (TPSA) is 21.3 Å². The van der Waals surface area contributed by atoms with Crippen LogP contribution in [0.4, 0.5) is 0 Å². The highest BCUT2D eigenvalue weighted by Gasteiger charge is 2.22. The molecule has 1 saturated heterocycles. The molecule has 0 aromatic carbocycles. The Kier molecular flexibility index (Phi) is 1.89. The molecule has 0 spiro atoms. The van der Waals surface area contributed by atoms with Crippen LogP contribution < -0.4 is 5.32 Å². The Morgan fingerprint density at radius 2 is 2.46 bits per heavy atom. The zero-order valence-corrected chi connectivity index (χ0v) is 8.32. The monoisotopic (exact) mass is 195 g/mol. The largest absolute Gasteiger partial charge is 0.371 e. The quantitative estimate of drug-likeness (QED) is 0.738. The minimum atomic E-state index is 0.774. The summed E-state index contributed by atoms with van der Waals surface area (Å²) < 4.78 is 5.37. The van der Waals surface area contributed by atoms with Crippen LogP contribution in [0.2, 0.25) is 0 Å². The van der Waals surface area contributed by atoms with E-state index < -0.39 is 0 Å². The molecule has 3 heterocycles. The maximum Gasteiger partial charge on any atom is 0.0817 e. The molecule has 0 amide bonds. The summed E-state index contributed by atoms with van der Waals surface area (Å²) in [6.07, 6.45) is 1.31. The second-order valence-corrected chi connectivity index (χ2v) is 4.95. The van der Waals surface area contributed by atoms with Gasteiger partial charge in [-0.05, 0) is 24.6 Å². The van der Waals surface area contributed by atoms with Crippen LogP contribution in [-0.4, -0.2) is 13.1 Å². The van der Waals surface area contributed by atoms with Crippen molar-refractivity contribution < 1.29 is 4.74 Å². The number of hydrogen-bond donors (Lipinski definition) is 1. The predicted molar refractivity (Wildman–Crippen MR) is 53.0 cm³/mol. The summed E-state index contributed by atoms with van der Waals surface area (Å²) in [6.45, 7) is 4.04. The number of nitrogens with one attached hydrogen (secondary N) is 1. The minimum Gasteiger partial charge on any atom is -0.371 e. The van der Waals surface area contributed by atoms with Crippen molar-refractivity contribution in [3.05, 3.63) is 21.4 Å². The molecule has 3 rings (SSSR count). The summed E-state index contributed by atoms with van der Waals surface area (Å²) in [5.74, 6) is 0.774. The van der Waals surface area contributed by atoms with Gasteiger partial charge in [0.25, 0.3) is 0 Å². The molecule has 1 fully saturated rings. The van der Waals surface area contributed by atoms with Crippen molar-refractivity contribution in [2.75, 3.05) is 13.1 Å². The lowest BCUT2D eigenvalue weighted by Gasteiger charge is -2.03. The van der Waals surface area contributed by atoms with Gasteiger partial charge in [-0.1, -0.05) is 0 Å². The minimum absolute atomic E-state index is 0.774. The molecule has 2 nitrogen and oxygen atoms in total. The Balaban J connectivity index is 1.88. The molecule has 1 aromatic heterocycles. The third-order valence-electron chi connectivity index (χ3n) is 2.87. The van der Waals surface area contributed by atoms with Crippen LogP contribution in [0.3, 0.4) is 0 Å². The molecular formula is C10H13NOS. The van der Waals surface area contributed by atoms with E-state index in [-0.39, 0.29) is 0 Å². The molecular weight excluding hydrogens is 182 g/mol. The van der Waals surface area contributed by atoms with Gasteiger partial charge < -0.3 is 10.1 Å². The molecule has 1 N–H and O–H groups in total. The van der Waals surface area contributed by atoms with Crippen LogP contribution in [-0.2, 0) is 18.0 Å². The van der Waals surface area contributed by atoms with E-state index >= 15 is 0 Å². The third kappa shape index (κ3) is 1.31. The van der Waals surface area contributed by atoms with Crippen LogP contribution in [0.15, 0.2) is 6.07 Å². The zero-order chi connectivity index (χ0) is 8.67. The highest BCUT2D eigenvalue weighted by Crippen LogP contribution is 2.35. The third-order valence-corrected chi connectivity index (χ3v) is 4.18. The fourth-order valence-electron chi connectivity index (χ4n) is 2.09. The van der Waals surface area contributed by atoms with Crippen molar-refractivity contribution in [3.8, 4) is 0 Å². The molecule has 3 heteroatoms. The van der Waals surface area contributed by atoms with Crippen molar-refractivity contribution in [1.29, 1.82) is 0 Å². The highest BCUT2D eigenvalue weighted by molar-refractivity contribution is 7.12. The van der Waals surface area contributed by atoms with Crippen molar-refractivity contribution in [2.24, 2.45) is 0 Å². The average Bonchev–Trinajstić information content (AvgIpc) is 2.78. The van der Waals surface area contributed by atoms with Gasteiger partial charge in [0.2, 0.25) is 0 Å². The molecule has 2 aliphatic heterocycles. The van der Waals surface area contributed by atoms with Crippen molar-refractivity contribution in [2.45, 2.75) is 25.6 Å². The fourth-order valence-corrected chi connectivity index (χ4v) is 3.33. The summed E-state index contributed by atoms with van der Waals surface area (Å²) in [5.41, 5.74) is 1.44. The molecule has 1 atom stereocenters. The molecule has 0 aliphatic carbocycles. The smallest absolute Gasteiger partial charge is 0.0817 e. The normalized spacial score (nSPS) is 26.6. The van der Waals surface area contributed by atoms with E-state index in [0.29, 0.717) is 0 Å². The summed E-state index contributed by atoms with van der Waals surface area (Å²) in [5, 5.41) is 3.41. The van der Waals surface area contributed by atoms with Crippen LogP contribution in [0.1, 0.15) is 27.7 Å². The molecule has 0 radical (unpaired) electrons. The molecule has 0 saturated carbocycles. The van der Waals surface area contributed by atoms with Crippen molar-refractivity contribution in [3.63, 3.8) is 0 Å². The Morgan fingerprint density at radius 3 is 3.23 bits per heavy atom. The number of ether oxygens (including phenoxy) is 1. The Labute approximate surface area is 81.9 Å². The van der Waals surface area contributed by atoms with Gasteiger partial charge in [-0.25, -0.2) is 0 Å². The van der Waals surface area contributed by atoms with E-state index in [1.54, 1.807) is 4.88 Å². The van der Waals surface area contributed by atoms with Gasteiger partial charge in [-0.15, -0.1) is 11.3 Å². The van der Waals surface area contributed by atoms with Gasteiger partial charge >= 0.3 is 0 Å². The summed E-state index contributed by atoms with van der Waals surface area (Å²) in [6, 6.07) is 2.35. The predicted octanol–water partition coefficient (Wildman–Crippen LogP) is 1.86. The van der Waals surface area contributed by atoms with E-state index in [2.05, 4.69) is 11.4 Å². The first-order chi connectivity index (χ1) is 6.43. The van der Waals surface area contributed by atoms with E-state index in [4.69, 9.17) is 4.74 Å². The summed E-state index contributed by atoms with van der Waals surface area (Å²) >= 11 is 1.95. The summed E-state index contributed by atoms with van der Waals surface area (Å²) in [7, 11) is 0. The SMILES string of the molecule is c1c(C2CCNC2)sc2c1COC2. The van der Waals surface area contributed by atoms with Gasteiger partial charge in [0.1, 0.15) is 0 Å². The maximum absolute atomic E-state index is 5.37. The van der Waals surface area contributed by atoms with Crippen LogP contribution >= 0.6 is 11.3 Å². The van der Waals surface area contributed by atoms with Crippen molar-refractivity contribution >= 4 is 11.3 Å². The highest BCUT2D eigenvalue weighted by atomic mass is 32.1. The number of thiophene rings is 1. The standard InChI is InChI=1S/C10H13NOS/c1-2-11-4-7(1)9-3-8-5-12-6-10(8)13-9/h3,7,11H,1-2,4-6H2. The van der Waals surface area contributed by atoms with Gasteiger partial charge in [0.05, 0.1) is 13.2 Å². The lowest BCUT2D eigenvalue weighted by Crippen LogP contribution is -2.07. The fraction of sp³-hybridized carbons (Fsp3) is 0.600. The second kappa shape index (κ2) is 3.08. The van der Waals surface area contributed by atoms with Gasteiger partial charge in [-0.2, -0.15) is 0 Å². The average molecular weight is 195 g/mol. The Hall–Kier alpha value is -0.380. The van der Waals surface area contributed by atoms with Crippen LogP contribution in [0.25, 0.3) is 0 Å². The van der Waals surface area contributed by atoms with Crippen molar-refractivity contribution in [1.82, 2.24) is 5.32 Å². The first-order valence-electron chi connectivity index (χ1n) is 4.83. The molecule has 13 heavy (non-hydrogen) atoms. The van der Waals surface area contributed by atoms with E-state index in [0.717, 1.165) is 19.1 Å². The van der Waals surface area contributed by atoms with Gasteiger partial charge in [-0.3, -0.25) is 0 Å². The number of hydrogen-bond acceptors (Lipinski definition) is 3. The molecule has 1 unspecified atom stereocenters. The lowest BCUT2D eigenvalue weighted by molar-refractivity contribution is 0.135. The number of fused-ring (bicyclic) bond motifs is 1. The van der Waals surface area contributed by atoms with Crippen LogP contribution in [0.5, 0.6) is 0 Å². The van der Waals surface area contributed by atoms with Crippen LogP contribution in [0, 0.1) is 0 Å². The lowest BCUT2D eigenvalue weighted by atomic mass is 10.1. The van der Waals surface area contributed by atoms with Gasteiger partial charge in [0, 0.05) is 22.2 Å². The summed E-state index contributed by atoms with van der Waals surface area (Å²) in [4.78, 5) is 3.03. The molecule has 2 aliphatic rings. The van der Waals surface area contributed by atoms with E-state index in [9.17, 15) is 0 Å². The molecule has 1 aromatic rings. The number of rotatable bonds is 1. The first kappa shape index (κ1) is 7.97. The zero-order valence-electron chi connectivity index (χ0n) is 7.51. The second-order valence-electron chi connectivity index (χ2n) is 3.78. The first-order valence-corrected chi connectivity index (χ1v) is 5.65. The van der Waals surface area contributed by atoms with E-state index in [1.807, 2.05) is 11.3 Å². The van der Waals surface area contributed by atoms with E-state index in [1.165, 1.54) is 30.0 Å². The Morgan fingerprint density at radius 1 is 1.46 bits per heavy atom. The molecule has 70 valence electrons. The maximum atomic E-state index is 5.37. The Bertz CT molecular complexity index is 293. The molecule has 0 bridgehead atoms.